The molecule has 0 aliphatic carbocycles. The fraction of sp³-hybridized carbons (Fsp3) is 0.278. The van der Waals surface area contributed by atoms with Crippen molar-refractivity contribution in [2.45, 2.75) is 20.4 Å². The summed E-state index contributed by atoms with van der Waals surface area (Å²) in [6.07, 6.45) is 3.43. The van der Waals surface area contributed by atoms with Gasteiger partial charge in [0.15, 0.2) is 12.0 Å². The second kappa shape index (κ2) is 10.7. The van der Waals surface area contributed by atoms with Gasteiger partial charge in [-0.15, -0.1) is 0 Å². The molecule has 1 aromatic carbocycles. The topological polar surface area (TPSA) is 88.6 Å². The molecule has 0 spiro atoms. The standard InChI is InChI=1S/C8H9Cl2N.C8H7N3O3.C2H6/c1-11-5-6-2-3-7(9)8(10)4-6;1-10-2-3-11-7(14)6(13)5(4-12)9-8(10)11;1-2/h2-4,11H,5H2,1H3;2-4,13H,1H3;1-2H3. The number of aldehydes is 1. The SMILES string of the molecule is CC.CNCc1ccc(Cl)c(Cl)c1.Cn1ccn2c(=O)c(O)c(C=O)nc12. The molecule has 2 N–H and O–H groups in total. The van der Waals surface area contributed by atoms with Gasteiger partial charge in [-0.3, -0.25) is 9.59 Å². The molecule has 3 rings (SSSR count). The van der Waals surface area contributed by atoms with Gasteiger partial charge >= 0.3 is 5.56 Å². The Morgan fingerprint density at radius 3 is 2.44 bits per heavy atom. The van der Waals surface area contributed by atoms with E-state index in [2.05, 4.69) is 10.3 Å². The second-order valence-corrected chi connectivity index (χ2v) is 5.94. The Morgan fingerprint density at radius 2 is 1.89 bits per heavy atom. The first-order chi connectivity index (χ1) is 12.9. The molecular weight excluding hydrogens is 391 g/mol. The van der Waals surface area contributed by atoms with Gasteiger partial charge in [0.05, 0.1) is 10.0 Å². The highest BCUT2D eigenvalue weighted by molar-refractivity contribution is 6.42. The molecule has 0 bridgehead atoms. The lowest BCUT2D eigenvalue weighted by atomic mass is 10.2. The number of fused-ring (bicyclic) bond motifs is 1. The highest BCUT2D eigenvalue weighted by Crippen LogP contribution is 2.22. The van der Waals surface area contributed by atoms with Crippen molar-refractivity contribution in [1.29, 1.82) is 0 Å². The highest BCUT2D eigenvalue weighted by atomic mass is 35.5. The van der Waals surface area contributed by atoms with E-state index in [0.29, 0.717) is 22.1 Å². The Bertz CT molecular complexity index is 967. The third-order valence-corrected chi connectivity index (χ3v) is 4.07. The van der Waals surface area contributed by atoms with Crippen LogP contribution in [0.3, 0.4) is 0 Å². The van der Waals surface area contributed by atoms with Crippen molar-refractivity contribution in [3.8, 4) is 5.75 Å². The molecule has 7 nitrogen and oxygen atoms in total. The fourth-order valence-electron chi connectivity index (χ4n) is 2.08. The van der Waals surface area contributed by atoms with E-state index in [1.165, 1.54) is 10.6 Å². The minimum absolute atomic E-state index is 0.239. The number of carbonyl (C=O) groups is 1. The normalized spacial score (nSPS) is 9.85. The zero-order valence-electron chi connectivity index (χ0n) is 15.5. The average molecular weight is 413 g/mol. The van der Waals surface area contributed by atoms with Gasteiger partial charge in [-0.1, -0.05) is 43.1 Å². The summed E-state index contributed by atoms with van der Waals surface area (Å²) in [5.41, 5.74) is 0.261. The van der Waals surface area contributed by atoms with E-state index in [9.17, 15) is 14.7 Å². The molecule has 27 heavy (non-hydrogen) atoms. The number of imidazole rings is 1. The summed E-state index contributed by atoms with van der Waals surface area (Å²) in [4.78, 5) is 25.7. The third-order valence-electron chi connectivity index (χ3n) is 3.33. The van der Waals surface area contributed by atoms with Crippen LogP contribution in [0.15, 0.2) is 35.4 Å². The molecular formula is C18H22Cl2N4O3. The van der Waals surface area contributed by atoms with Crippen LogP contribution in [0.25, 0.3) is 5.78 Å². The monoisotopic (exact) mass is 412 g/mol. The van der Waals surface area contributed by atoms with Gasteiger partial charge in [-0.25, -0.2) is 9.38 Å². The molecule has 0 unspecified atom stereocenters. The molecule has 146 valence electrons. The molecule has 0 aliphatic heterocycles. The van der Waals surface area contributed by atoms with Crippen molar-refractivity contribution in [3.63, 3.8) is 0 Å². The van der Waals surface area contributed by atoms with Gasteiger partial charge in [0.1, 0.15) is 0 Å². The molecule has 0 aliphatic rings. The van der Waals surface area contributed by atoms with Crippen molar-refractivity contribution >= 4 is 35.3 Å². The number of aryl methyl sites for hydroxylation is 1. The summed E-state index contributed by atoms with van der Waals surface area (Å²) in [6.45, 7) is 4.82. The number of carbonyl (C=O) groups excluding carboxylic acids is 1. The number of aromatic hydroxyl groups is 1. The lowest BCUT2D eigenvalue weighted by Crippen LogP contribution is -2.15. The lowest BCUT2D eigenvalue weighted by Gasteiger charge is -2.00. The van der Waals surface area contributed by atoms with Crippen LogP contribution in [0.1, 0.15) is 29.9 Å². The molecule has 0 atom stereocenters. The number of benzene rings is 1. The second-order valence-electron chi connectivity index (χ2n) is 5.13. The van der Waals surface area contributed by atoms with Crippen LogP contribution in [0.2, 0.25) is 10.0 Å². The number of aromatic nitrogens is 3. The summed E-state index contributed by atoms with van der Waals surface area (Å²) in [5.74, 6) is -0.307. The van der Waals surface area contributed by atoms with Crippen LogP contribution < -0.4 is 10.9 Å². The maximum atomic E-state index is 11.4. The number of nitrogens with one attached hydrogen (secondary N) is 1. The van der Waals surface area contributed by atoms with E-state index in [0.717, 1.165) is 12.1 Å². The van der Waals surface area contributed by atoms with Crippen LogP contribution in [-0.4, -0.2) is 32.4 Å². The predicted molar refractivity (Wildman–Crippen MR) is 108 cm³/mol. The molecule has 0 radical (unpaired) electrons. The largest absolute Gasteiger partial charge is 0.501 e. The predicted octanol–water partition coefficient (Wildman–Crippen LogP) is 3.29. The molecule has 3 aromatic rings. The fourth-order valence-corrected chi connectivity index (χ4v) is 2.40. The first-order valence-corrected chi connectivity index (χ1v) is 8.95. The first-order valence-electron chi connectivity index (χ1n) is 8.19. The van der Waals surface area contributed by atoms with Crippen molar-refractivity contribution < 1.29 is 9.90 Å². The summed E-state index contributed by atoms with van der Waals surface area (Å²) in [6, 6.07) is 5.61. The zero-order chi connectivity index (χ0) is 20.6. The van der Waals surface area contributed by atoms with Crippen molar-refractivity contribution in [2.75, 3.05) is 7.05 Å². The Morgan fingerprint density at radius 1 is 1.22 bits per heavy atom. The number of hydrogen-bond acceptors (Lipinski definition) is 5. The molecule has 0 fully saturated rings. The smallest absolute Gasteiger partial charge is 0.302 e. The molecule has 0 saturated carbocycles. The number of halogens is 2. The zero-order valence-corrected chi connectivity index (χ0v) is 17.0. The molecule has 0 saturated heterocycles. The number of nitrogens with zero attached hydrogens (tertiary/aromatic N) is 3. The molecule has 2 heterocycles. The van der Waals surface area contributed by atoms with E-state index in [1.54, 1.807) is 23.9 Å². The first kappa shape index (κ1) is 22.7. The van der Waals surface area contributed by atoms with Crippen molar-refractivity contribution in [3.05, 3.63) is 62.2 Å². The van der Waals surface area contributed by atoms with Crippen molar-refractivity contribution in [1.82, 2.24) is 19.3 Å². The maximum absolute atomic E-state index is 11.4. The Hall–Kier alpha value is -2.35. The van der Waals surface area contributed by atoms with Crippen LogP contribution in [-0.2, 0) is 13.6 Å². The van der Waals surface area contributed by atoms with Gasteiger partial charge < -0.3 is 15.0 Å². The average Bonchev–Trinajstić information content (AvgIpc) is 3.04. The van der Waals surface area contributed by atoms with Crippen molar-refractivity contribution in [2.24, 2.45) is 7.05 Å². The minimum atomic E-state index is -0.641. The van der Waals surface area contributed by atoms with E-state index in [4.69, 9.17) is 23.2 Å². The van der Waals surface area contributed by atoms with Gasteiger partial charge in [-0.05, 0) is 24.7 Å². The number of hydrogen-bond donors (Lipinski definition) is 2. The van der Waals surface area contributed by atoms with E-state index in [-0.39, 0.29) is 5.69 Å². The third kappa shape index (κ3) is 5.56. The van der Waals surface area contributed by atoms with Gasteiger partial charge in [0.2, 0.25) is 11.5 Å². The van der Waals surface area contributed by atoms with E-state index < -0.39 is 11.3 Å². The molecule has 0 amide bonds. The summed E-state index contributed by atoms with van der Waals surface area (Å²) < 4.78 is 2.75. The van der Waals surface area contributed by atoms with Gasteiger partial charge in [-0.2, -0.15) is 0 Å². The Balaban J connectivity index is 0.000000254. The van der Waals surface area contributed by atoms with Gasteiger partial charge in [0, 0.05) is 26.0 Å². The summed E-state index contributed by atoms with van der Waals surface area (Å²) in [5, 5.41) is 13.5. The quantitative estimate of drug-likeness (QED) is 0.644. The van der Waals surface area contributed by atoms with Crippen LogP contribution in [0.4, 0.5) is 0 Å². The van der Waals surface area contributed by atoms with E-state index >= 15 is 0 Å². The van der Waals surface area contributed by atoms with Gasteiger partial charge in [0.25, 0.3) is 0 Å². The van der Waals surface area contributed by atoms with Crippen LogP contribution >= 0.6 is 23.2 Å². The molecule has 2 aromatic heterocycles. The maximum Gasteiger partial charge on any atom is 0.302 e. The van der Waals surface area contributed by atoms with Crippen LogP contribution in [0, 0.1) is 0 Å². The Kier molecular flexibility index (Phi) is 9.00. The minimum Gasteiger partial charge on any atom is -0.501 e. The Labute approximate surface area is 167 Å². The highest BCUT2D eigenvalue weighted by Gasteiger charge is 2.11. The molecule has 9 heteroatoms. The summed E-state index contributed by atoms with van der Waals surface area (Å²) in [7, 11) is 3.58. The number of rotatable bonds is 3. The van der Waals surface area contributed by atoms with Crippen LogP contribution in [0.5, 0.6) is 5.75 Å². The lowest BCUT2D eigenvalue weighted by molar-refractivity contribution is 0.111. The summed E-state index contributed by atoms with van der Waals surface area (Å²) >= 11 is 11.5. The van der Waals surface area contributed by atoms with E-state index in [1.807, 2.05) is 33.0 Å².